The van der Waals surface area contributed by atoms with E-state index in [-0.39, 0.29) is 11.4 Å². The largest absolute Gasteiger partial charge is 0.456 e. The van der Waals surface area contributed by atoms with E-state index in [2.05, 4.69) is 0 Å². The van der Waals surface area contributed by atoms with Crippen molar-refractivity contribution in [2.24, 2.45) is 0 Å². The van der Waals surface area contributed by atoms with Gasteiger partial charge < -0.3 is 4.42 Å². The van der Waals surface area contributed by atoms with E-state index >= 15 is 0 Å². The lowest BCUT2D eigenvalue weighted by Crippen LogP contribution is -1.95. The van der Waals surface area contributed by atoms with E-state index in [9.17, 15) is 15.3 Å². The summed E-state index contributed by atoms with van der Waals surface area (Å²) >= 11 is 7.54. The van der Waals surface area contributed by atoms with Gasteiger partial charge in [-0.3, -0.25) is 4.79 Å². The molecule has 1 aliphatic rings. The number of carbonyl (C=O) groups excluding carboxylic acids is 1. The van der Waals surface area contributed by atoms with Crippen LogP contribution in [0.3, 0.4) is 0 Å². The summed E-state index contributed by atoms with van der Waals surface area (Å²) in [5, 5.41) is 19.5. The zero-order chi connectivity index (χ0) is 21.5. The van der Waals surface area contributed by atoms with Crippen molar-refractivity contribution in [1.29, 1.82) is 10.5 Å². The molecule has 0 bridgehead atoms. The fraction of sp³-hybridized carbons (Fsp3) is 0. The van der Waals surface area contributed by atoms with Crippen molar-refractivity contribution < 1.29 is 9.21 Å². The number of rotatable bonds is 2. The van der Waals surface area contributed by atoms with Gasteiger partial charge in [-0.1, -0.05) is 48.0 Å². The van der Waals surface area contributed by atoms with Crippen molar-refractivity contribution in [1.82, 2.24) is 0 Å². The molecule has 2 aromatic heterocycles. The second-order valence-corrected chi connectivity index (χ2v) is 8.42. The Morgan fingerprint density at radius 2 is 1.71 bits per heavy atom. The average Bonchev–Trinajstić information content (AvgIpc) is 3.42. The van der Waals surface area contributed by atoms with Crippen molar-refractivity contribution in [2.75, 3.05) is 0 Å². The van der Waals surface area contributed by atoms with Gasteiger partial charge in [0.15, 0.2) is 5.78 Å². The maximum atomic E-state index is 13.0. The first-order valence-corrected chi connectivity index (χ1v) is 10.5. The van der Waals surface area contributed by atoms with Gasteiger partial charge in [-0.05, 0) is 29.3 Å². The predicted molar refractivity (Wildman–Crippen MR) is 121 cm³/mol. The number of ketones is 1. The van der Waals surface area contributed by atoms with Crippen LogP contribution < -0.4 is 0 Å². The maximum Gasteiger partial charge on any atom is 0.194 e. The molecule has 6 heteroatoms. The lowest BCUT2D eigenvalue weighted by molar-refractivity contribution is 0.104. The van der Waals surface area contributed by atoms with Gasteiger partial charge >= 0.3 is 0 Å². The number of benzene rings is 2. The highest BCUT2D eigenvalue weighted by Gasteiger charge is 2.32. The Balaban J connectivity index is 1.60. The van der Waals surface area contributed by atoms with Gasteiger partial charge in [-0.2, -0.15) is 10.5 Å². The monoisotopic (exact) mass is 438 g/mol. The predicted octanol–water partition coefficient (Wildman–Crippen LogP) is 6.90. The number of allylic oxidation sites excluding steroid dienone is 3. The number of nitrogens with zero attached hydrogens (tertiary/aromatic N) is 2. The number of hydrogen-bond donors (Lipinski definition) is 0. The Morgan fingerprint density at radius 3 is 2.39 bits per heavy atom. The normalized spacial score (nSPS) is 14.0. The van der Waals surface area contributed by atoms with E-state index < -0.39 is 0 Å². The van der Waals surface area contributed by atoms with Gasteiger partial charge in [0.1, 0.15) is 29.1 Å². The summed E-state index contributed by atoms with van der Waals surface area (Å²) in [5.74, 6) is 0.267. The molecule has 31 heavy (non-hydrogen) atoms. The van der Waals surface area contributed by atoms with Crippen molar-refractivity contribution >= 4 is 50.7 Å². The Bertz CT molecular complexity index is 1470. The third-order valence-corrected chi connectivity index (χ3v) is 6.43. The number of halogens is 1. The summed E-state index contributed by atoms with van der Waals surface area (Å²) in [5.41, 5.74) is 3.37. The number of Topliss-reactive ketones (excluding diaryl/α,β-unsaturated/α-hetero) is 1. The minimum Gasteiger partial charge on any atom is -0.456 e. The number of furan rings is 1. The molecular formula is C25H11ClN2O2S. The first-order chi connectivity index (χ1) is 15.1. The van der Waals surface area contributed by atoms with Crippen LogP contribution >= 0.6 is 22.9 Å². The van der Waals surface area contributed by atoms with Gasteiger partial charge in [-0.15, -0.1) is 11.3 Å². The summed E-state index contributed by atoms with van der Waals surface area (Å²) in [4.78, 5) is 14.0. The molecule has 0 fully saturated rings. The average molecular weight is 439 g/mol. The van der Waals surface area contributed by atoms with Crippen LogP contribution in [0.5, 0.6) is 0 Å². The Labute approximate surface area is 186 Å². The number of fused-ring (bicyclic) bond motifs is 2. The van der Waals surface area contributed by atoms with E-state index in [1.54, 1.807) is 41.7 Å². The van der Waals surface area contributed by atoms with Crippen LogP contribution in [-0.4, -0.2) is 5.78 Å². The summed E-state index contributed by atoms with van der Waals surface area (Å²) in [6.07, 6.45) is 1.61. The molecule has 0 N–H and O–H groups in total. The molecule has 4 aromatic rings. The molecule has 0 spiro atoms. The highest BCUT2D eigenvalue weighted by molar-refractivity contribution is 7.22. The second-order valence-electron chi connectivity index (χ2n) is 6.90. The molecule has 5 rings (SSSR count). The van der Waals surface area contributed by atoms with Crippen molar-refractivity contribution in [3.63, 3.8) is 0 Å². The van der Waals surface area contributed by atoms with E-state index in [0.717, 1.165) is 15.1 Å². The molecule has 0 saturated heterocycles. The SMILES string of the molecule is N#CC(C#N)=C1/C(=C/c2cc3sc(-c4ccc(Cl)cc4)cc3o2)C(=O)c2ccccc21. The molecular weight excluding hydrogens is 428 g/mol. The number of carbonyl (C=O) groups is 1. The molecule has 1 aliphatic carbocycles. The van der Waals surface area contributed by atoms with Crippen molar-refractivity contribution in [2.45, 2.75) is 0 Å². The van der Waals surface area contributed by atoms with Gasteiger partial charge in [0, 0.05) is 38.7 Å². The quantitative estimate of drug-likeness (QED) is 0.252. The van der Waals surface area contributed by atoms with Crippen LogP contribution in [0.1, 0.15) is 21.7 Å². The Morgan fingerprint density at radius 1 is 1.00 bits per heavy atom. The summed E-state index contributed by atoms with van der Waals surface area (Å²) in [6.45, 7) is 0. The van der Waals surface area contributed by atoms with Crippen LogP contribution in [0.2, 0.25) is 5.02 Å². The van der Waals surface area contributed by atoms with Crippen LogP contribution in [-0.2, 0) is 0 Å². The second kappa shape index (κ2) is 7.41. The lowest BCUT2D eigenvalue weighted by Gasteiger charge is -2.00. The number of hydrogen-bond acceptors (Lipinski definition) is 5. The van der Waals surface area contributed by atoms with E-state index in [0.29, 0.717) is 38.6 Å². The molecule has 4 nitrogen and oxygen atoms in total. The molecule has 0 atom stereocenters. The van der Waals surface area contributed by atoms with Crippen LogP contribution in [0.15, 0.2) is 76.2 Å². The molecule has 0 saturated carbocycles. The fourth-order valence-corrected chi connectivity index (χ4v) is 4.83. The molecule has 2 heterocycles. The smallest absolute Gasteiger partial charge is 0.194 e. The van der Waals surface area contributed by atoms with Crippen LogP contribution in [0, 0.1) is 22.7 Å². The number of nitriles is 2. The third-order valence-electron chi connectivity index (χ3n) is 5.07. The summed E-state index contributed by atoms with van der Waals surface area (Å²) in [7, 11) is 0. The molecule has 146 valence electrons. The summed E-state index contributed by atoms with van der Waals surface area (Å²) < 4.78 is 6.90. The maximum absolute atomic E-state index is 13.0. The van der Waals surface area contributed by atoms with Gasteiger partial charge in [0.2, 0.25) is 0 Å². The van der Waals surface area contributed by atoms with Gasteiger partial charge in [0.25, 0.3) is 0 Å². The third kappa shape index (κ3) is 3.17. The van der Waals surface area contributed by atoms with Crippen LogP contribution in [0.25, 0.3) is 32.4 Å². The van der Waals surface area contributed by atoms with Gasteiger partial charge in [-0.25, -0.2) is 0 Å². The zero-order valence-electron chi connectivity index (χ0n) is 15.8. The van der Waals surface area contributed by atoms with E-state index in [1.165, 1.54) is 0 Å². The molecule has 0 aliphatic heterocycles. The van der Waals surface area contributed by atoms with Crippen molar-refractivity contribution in [3.05, 3.63) is 93.7 Å². The zero-order valence-corrected chi connectivity index (χ0v) is 17.4. The minimum absolute atomic E-state index is 0.0945. The molecule has 0 amide bonds. The standard InChI is InChI=1S/C25H11ClN2O2S/c26-16-7-5-14(6-8-16)22-11-21-23(31-22)10-17(30-21)9-20-24(15(12-27)13-28)18-3-1-2-4-19(18)25(20)29/h1-11H/b20-9-. The van der Waals surface area contributed by atoms with Crippen LogP contribution in [0.4, 0.5) is 0 Å². The highest BCUT2D eigenvalue weighted by atomic mass is 35.5. The topological polar surface area (TPSA) is 77.8 Å². The summed E-state index contributed by atoms with van der Waals surface area (Å²) in [6, 6.07) is 22.2. The molecule has 0 radical (unpaired) electrons. The lowest BCUT2D eigenvalue weighted by atomic mass is 9.99. The molecule has 0 unspecified atom stereocenters. The van der Waals surface area contributed by atoms with Crippen molar-refractivity contribution in [3.8, 4) is 22.6 Å². The van der Waals surface area contributed by atoms with E-state index in [4.69, 9.17) is 16.0 Å². The Kier molecular flexibility index (Phi) is 4.56. The van der Waals surface area contributed by atoms with Gasteiger partial charge in [0.05, 0.1) is 4.70 Å². The first kappa shape index (κ1) is 19.1. The highest BCUT2D eigenvalue weighted by Crippen LogP contribution is 2.41. The fourth-order valence-electron chi connectivity index (χ4n) is 3.67. The van der Waals surface area contributed by atoms with E-state index in [1.807, 2.05) is 48.5 Å². The minimum atomic E-state index is -0.227. The Hall–Kier alpha value is -3.90. The number of thiophene rings is 1. The molecule has 2 aromatic carbocycles. The first-order valence-electron chi connectivity index (χ1n) is 9.29.